The van der Waals surface area contributed by atoms with Gasteiger partial charge in [0, 0.05) is 32.0 Å². The largest absolute Gasteiger partial charge is 0.487 e. The number of ether oxygens (including phenoxy) is 1. The molecule has 0 radical (unpaired) electrons. The second-order valence-electron chi connectivity index (χ2n) is 7.29. The Morgan fingerprint density at radius 1 is 1.13 bits per heavy atom. The lowest BCUT2D eigenvalue weighted by molar-refractivity contribution is 0.0587. The Labute approximate surface area is 173 Å². The first-order valence-electron chi connectivity index (χ1n) is 10.1. The molecule has 7 heteroatoms. The van der Waals surface area contributed by atoms with Gasteiger partial charge in [-0.15, -0.1) is 0 Å². The standard InChI is InChI=1S/C23H23F2N3O2/c1-2-21-19(15-26-28(21)17-6-4-3-5-7-17)23(29)27-12-10-18(11-13-27)30-22-9-8-16(24)14-20(22)25/h3-9,14-15,18H,2,10-13H2,1H3. The van der Waals surface area contributed by atoms with Crippen LogP contribution >= 0.6 is 0 Å². The molecule has 0 atom stereocenters. The Morgan fingerprint density at radius 2 is 1.87 bits per heavy atom. The maximum Gasteiger partial charge on any atom is 0.257 e. The maximum absolute atomic E-state index is 13.8. The summed E-state index contributed by atoms with van der Waals surface area (Å²) in [6, 6.07) is 13.0. The Morgan fingerprint density at radius 3 is 2.53 bits per heavy atom. The van der Waals surface area contributed by atoms with E-state index in [9.17, 15) is 13.6 Å². The van der Waals surface area contributed by atoms with E-state index in [1.165, 1.54) is 12.1 Å². The Kier molecular flexibility index (Phi) is 5.79. The number of likely N-dealkylation sites (tertiary alicyclic amines) is 1. The predicted octanol–water partition coefficient (Wildman–Crippen LogP) is 4.40. The molecular weight excluding hydrogens is 388 g/mol. The first-order chi connectivity index (χ1) is 14.6. The normalized spacial score (nSPS) is 14.7. The quantitative estimate of drug-likeness (QED) is 0.625. The zero-order valence-electron chi connectivity index (χ0n) is 16.7. The van der Waals surface area contributed by atoms with E-state index in [2.05, 4.69) is 5.10 Å². The minimum atomic E-state index is -0.714. The van der Waals surface area contributed by atoms with Crippen molar-refractivity contribution in [2.75, 3.05) is 13.1 Å². The Hall–Kier alpha value is -3.22. The lowest BCUT2D eigenvalue weighted by Crippen LogP contribution is -2.42. The number of halogens is 2. The van der Waals surface area contributed by atoms with Crippen LogP contribution < -0.4 is 4.74 Å². The molecular formula is C23H23F2N3O2. The molecule has 2 heterocycles. The zero-order chi connectivity index (χ0) is 21.1. The van der Waals surface area contributed by atoms with Gasteiger partial charge in [-0.25, -0.2) is 13.5 Å². The summed E-state index contributed by atoms with van der Waals surface area (Å²) in [6.45, 7) is 3.02. The highest BCUT2D eigenvalue weighted by Crippen LogP contribution is 2.24. The Bertz CT molecular complexity index is 1030. The minimum Gasteiger partial charge on any atom is -0.487 e. The fourth-order valence-corrected chi connectivity index (χ4v) is 3.78. The summed E-state index contributed by atoms with van der Waals surface area (Å²) in [6.07, 6.45) is 3.25. The number of amides is 1. The molecule has 1 aromatic heterocycles. The molecule has 1 aliphatic heterocycles. The average Bonchev–Trinajstić information content (AvgIpc) is 3.20. The molecule has 1 amide bonds. The highest BCUT2D eigenvalue weighted by atomic mass is 19.1. The van der Waals surface area contributed by atoms with Crippen LogP contribution in [0.15, 0.2) is 54.7 Å². The van der Waals surface area contributed by atoms with Crippen LogP contribution in [0, 0.1) is 11.6 Å². The van der Waals surface area contributed by atoms with Crippen molar-refractivity contribution in [2.45, 2.75) is 32.3 Å². The first kappa shape index (κ1) is 20.1. The molecule has 0 bridgehead atoms. The van der Waals surface area contributed by atoms with Crippen molar-refractivity contribution in [1.29, 1.82) is 0 Å². The van der Waals surface area contributed by atoms with Crippen LogP contribution in [0.25, 0.3) is 5.69 Å². The van der Waals surface area contributed by atoms with Gasteiger partial charge in [0.15, 0.2) is 11.6 Å². The van der Waals surface area contributed by atoms with Gasteiger partial charge >= 0.3 is 0 Å². The molecule has 30 heavy (non-hydrogen) atoms. The topological polar surface area (TPSA) is 47.4 Å². The smallest absolute Gasteiger partial charge is 0.257 e. The molecule has 4 rings (SSSR count). The van der Waals surface area contributed by atoms with Crippen LogP contribution in [0.1, 0.15) is 35.8 Å². The minimum absolute atomic E-state index is 0.0404. The van der Waals surface area contributed by atoms with Crippen molar-refractivity contribution in [2.24, 2.45) is 0 Å². The van der Waals surface area contributed by atoms with Crippen LogP contribution in [-0.2, 0) is 6.42 Å². The fraction of sp³-hybridized carbons (Fsp3) is 0.304. The molecule has 0 N–H and O–H groups in total. The van der Waals surface area contributed by atoms with Crippen LogP contribution in [0.4, 0.5) is 8.78 Å². The van der Waals surface area contributed by atoms with Gasteiger partial charge < -0.3 is 9.64 Å². The Balaban J connectivity index is 1.43. The third kappa shape index (κ3) is 4.06. The molecule has 0 spiro atoms. The van der Waals surface area contributed by atoms with E-state index >= 15 is 0 Å². The monoisotopic (exact) mass is 411 g/mol. The SMILES string of the molecule is CCc1c(C(=O)N2CCC(Oc3ccc(F)cc3F)CC2)cnn1-c1ccccc1. The molecule has 2 aromatic carbocycles. The number of para-hydroxylation sites is 1. The lowest BCUT2D eigenvalue weighted by atomic mass is 10.1. The summed E-state index contributed by atoms with van der Waals surface area (Å²) in [5.41, 5.74) is 2.39. The van der Waals surface area contributed by atoms with Gasteiger partial charge in [-0.05, 0) is 30.7 Å². The average molecular weight is 411 g/mol. The molecule has 3 aromatic rings. The van der Waals surface area contributed by atoms with Gasteiger partial charge in [-0.3, -0.25) is 4.79 Å². The summed E-state index contributed by atoms with van der Waals surface area (Å²) in [7, 11) is 0. The van der Waals surface area contributed by atoms with E-state index in [1.54, 1.807) is 15.8 Å². The summed E-state index contributed by atoms with van der Waals surface area (Å²) in [5.74, 6) is -1.36. The van der Waals surface area contributed by atoms with Crippen molar-refractivity contribution in [3.05, 3.63) is 77.6 Å². The van der Waals surface area contributed by atoms with Crippen molar-refractivity contribution in [1.82, 2.24) is 14.7 Å². The van der Waals surface area contributed by atoms with Crippen molar-refractivity contribution < 1.29 is 18.3 Å². The number of aromatic nitrogens is 2. The fourth-order valence-electron chi connectivity index (χ4n) is 3.78. The van der Waals surface area contributed by atoms with Gasteiger partial charge in [-0.2, -0.15) is 5.10 Å². The van der Waals surface area contributed by atoms with Gasteiger partial charge in [0.05, 0.1) is 23.1 Å². The third-order valence-electron chi connectivity index (χ3n) is 5.35. The molecule has 1 saturated heterocycles. The predicted molar refractivity (Wildman–Crippen MR) is 109 cm³/mol. The molecule has 1 fully saturated rings. The summed E-state index contributed by atoms with van der Waals surface area (Å²) in [5, 5.41) is 4.43. The number of carbonyl (C=O) groups excluding carboxylic acids is 1. The lowest BCUT2D eigenvalue weighted by Gasteiger charge is -2.32. The molecule has 1 aliphatic rings. The molecule has 156 valence electrons. The number of nitrogens with zero attached hydrogens (tertiary/aromatic N) is 3. The van der Waals surface area contributed by atoms with E-state index in [-0.39, 0.29) is 17.8 Å². The van der Waals surface area contributed by atoms with E-state index in [4.69, 9.17) is 4.74 Å². The van der Waals surface area contributed by atoms with E-state index < -0.39 is 11.6 Å². The van der Waals surface area contributed by atoms with Crippen molar-refractivity contribution >= 4 is 5.91 Å². The number of carbonyl (C=O) groups is 1. The summed E-state index contributed by atoms with van der Waals surface area (Å²) in [4.78, 5) is 14.9. The van der Waals surface area contributed by atoms with Crippen molar-refractivity contribution in [3.63, 3.8) is 0 Å². The third-order valence-corrected chi connectivity index (χ3v) is 5.35. The van der Waals surface area contributed by atoms with Gasteiger partial charge in [0.25, 0.3) is 5.91 Å². The highest BCUT2D eigenvalue weighted by Gasteiger charge is 2.28. The first-order valence-corrected chi connectivity index (χ1v) is 10.1. The molecule has 0 aliphatic carbocycles. The maximum atomic E-state index is 13.8. The van der Waals surface area contributed by atoms with E-state index in [1.807, 2.05) is 37.3 Å². The molecule has 0 saturated carbocycles. The second-order valence-corrected chi connectivity index (χ2v) is 7.29. The van der Waals surface area contributed by atoms with Crippen LogP contribution in [0.5, 0.6) is 5.75 Å². The second kappa shape index (κ2) is 8.65. The summed E-state index contributed by atoms with van der Waals surface area (Å²) >= 11 is 0. The van der Waals surface area contributed by atoms with Crippen LogP contribution in [0.3, 0.4) is 0 Å². The number of piperidine rings is 1. The zero-order valence-corrected chi connectivity index (χ0v) is 16.7. The van der Waals surface area contributed by atoms with E-state index in [0.29, 0.717) is 37.9 Å². The molecule has 0 unspecified atom stereocenters. The van der Waals surface area contributed by atoms with Gasteiger partial charge in [0.2, 0.25) is 0 Å². The molecule has 5 nitrogen and oxygen atoms in total. The highest BCUT2D eigenvalue weighted by molar-refractivity contribution is 5.95. The van der Waals surface area contributed by atoms with Crippen molar-refractivity contribution in [3.8, 4) is 11.4 Å². The number of benzene rings is 2. The van der Waals surface area contributed by atoms with Gasteiger partial charge in [-0.1, -0.05) is 25.1 Å². The van der Waals surface area contributed by atoms with Gasteiger partial charge in [0.1, 0.15) is 11.9 Å². The number of hydrogen-bond donors (Lipinski definition) is 0. The number of rotatable bonds is 5. The summed E-state index contributed by atoms with van der Waals surface area (Å²) < 4.78 is 34.4. The van der Waals surface area contributed by atoms with Crippen LogP contribution in [-0.4, -0.2) is 39.8 Å². The van der Waals surface area contributed by atoms with Crippen LogP contribution in [0.2, 0.25) is 0 Å². The number of hydrogen-bond acceptors (Lipinski definition) is 3. The van der Waals surface area contributed by atoms with E-state index in [0.717, 1.165) is 17.4 Å².